The van der Waals surface area contributed by atoms with Crippen LogP contribution >= 0.6 is 23.2 Å². The Bertz CT molecular complexity index is 1360. The third kappa shape index (κ3) is 8.09. The van der Waals surface area contributed by atoms with E-state index in [1.54, 1.807) is 36.3 Å². The number of benzene rings is 4. The van der Waals surface area contributed by atoms with Gasteiger partial charge in [0.2, 0.25) is 11.8 Å². The van der Waals surface area contributed by atoms with Crippen molar-refractivity contribution < 1.29 is 14.3 Å². The maximum absolute atomic E-state index is 13.8. The Balaban J connectivity index is 1.59. The van der Waals surface area contributed by atoms with Crippen molar-refractivity contribution in [3.05, 3.63) is 135 Å². The number of halogens is 2. The molecule has 0 aliphatic heterocycles. The molecule has 1 atom stereocenters. The molecule has 0 spiro atoms. The number of methoxy groups -OCH3 is 1. The first-order valence-electron chi connectivity index (χ1n) is 12.7. The SMILES string of the molecule is COc1ccc(CCNC(=O)[C@@H](c2ccccc2)N(Cc2ccc(Cl)cc2)C(=O)Cc2ccc(Cl)cc2)cc1. The number of hydrogen-bond donors (Lipinski definition) is 1. The average molecular weight is 562 g/mol. The Kier molecular flexibility index (Phi) is 10.0. The first kappa shape index (κ1) is 28.2. The number of nitrogens with zero attached hydrogens (tertiary/aromatic N) is 1. The van der Waals surface area contributed by atoms with Crippen LogP contribution in [0.25, 0.3) is 0 Å². The molecular weight excluding hydrogens is 531 g/mol. The van der Waals surface area contributed by atoms with Crippen LogP contribution in [0.1, 0.15) is 28.3 Å². The van der Waals surface area contributed by atoms with Crippen molar-refractivity contribution in [3.63, 3.8) is 0 Å². The second kappa shape index (κ2) is 13.8. The molecule has 0 fully saturated rings. The fourth-order valence-corrected chi connectivity index (χ4v) is 4.57. The number of carbonyl (C=O) groups is 2. The Morgan fingerprint density at radius 1 is 0.769 bits per heavy atom. The summed E-state index contributed by atoms with van der Waals surface area (Å²) >= 11 is 12.1. The van der Waals surface area contributed by atoms with Crippen LogP contribution in [0.3, 0.4) is 0 Å². The lowest BCUT2D eigenvalue weighted by atomic mass is 10.0. The van der Waals surface area contributed by atoms with Gasteiger partial charge in [0.05, 0.1) is 13.5 Å². The van der Waals surface area contributed by atoms with Gasteiger partial charge in [-0.1, -0.05) is 89.9 Å². The number of hydrogen-bond acceptors (Lipinski definition) is 3. The normalized spacial score (nSPS) is 11.5. The predicted molar refractivity (Wildman–Crippen MR) is 156 cm³/mol. The molecule has 4 aromatic rings. The smallest absolute Gasteiger partial charge is 0.247 e. The molecule has 1 N–H and O–H groups in total. The van der Waals surface area contributed by atoms with Crippen LogP contribution in [0.5, 0.6) is 5.75 Å². The fourth-order valence-electron chi connectivity index (χ4n) is 4.32. The van der Waals surface area contributed by atoms with Crippen LogP contribution < -0.4 is 10.1 Å². The van der Waals surface area contributed by atoms with Gasteiger partial charge in [0.1, 0.15) is 11.8 Å². The second-order valence-corrected chi connectivity index (χ2v) is 10.0. The molecule has 0 saturated heterocycles. The summed E-state index contributed by atoms with van der Waals surface area (Å²) in [5, 5.41) is 4.26. The van der Waals surface area contributed by atoms with E-state index in [1.165, 1.54) is 0 Å². The number of ether oxygens (including phenoxy) is 1. The molecule has 7 heteroatoms. The van der Waals surface area contributed by atoms with Crippen LogP contribution in [-0.2, 0) is 29.0 Å². The lowest BCUT2D eigenvalue weighted by molar-refractivity contribution is -0.141. The maximum Gasteiger partial charge on any atom is 0.247 e. The molecule has 5 nitrogen and oxygen atoms in total. The highest BCUT2D eigenvalue weighted by Crippen LogP contribution is 2.26. The minimum absolute atomic E-state index is 0.132. The summed E-state index contributed by atoms with van der Waals surface area (Å²) in [6, 6.07) is 30.8. The number of nitrogens with one attached hydrogen (secondary N) is 1. The summed E-state index contributed by atoms with van der Waals surface area (Å²) in [4.78, 5) is 29.2. The number of amides is 2. The van der Waals surface area contributed by atoms with Gasteiger partial charge in [-0.15, -0.1) is 0 Å². The molecule has 4 rings (SSSR count). The highest BCUT2D eigenvalue weighted by Gasteiger charge is 2.31. The quantitative estimate of drug-likeness (QED) is 0.223. The van der Waals surface area contributed by atoms with Crippen molar-refractivity contribution in [1.29, 1.82) is 0 Å². The molecule has 0 radical (unpaired) electrons. The first-order chi connectivity index (χ1) is 18.9. The van der Waals surface area contributed by atoms with E-state index in [-0.39, 0.29) is 24.8 Å². The van der Waals surface area contributed by atoms with Crippen LogP contribution in [0.2, 0.25) is 10.0 Å². The topological polar surface area (TPSA) is 58.6 Å². The summed E-state index contributed by atoms with van der Waals surface area (Å²) in [7, 11) is 1.63. The van der Waals surface area contributed by atoms with E-state index in [9.17, 15) is 9.59 Å². The average Bonchev–Trinajstić information content (AvgIpc) is 2.96. The Hall–Kier alpha value is -3.80. The van der Waals surface area contributed by atoms with Gasteiger partial charge in [0, 0.05) is 23.1 Å². The highest BCUT2D eigenvalue weighted by molar-refractivity contribution is 6.30. The molecule has 39 heavy (non-hydrogen) atoms. The van der Waals surface area contributed by atoms with Crippen molar-refractivity contribution in [2.24, 2.45) is 0 Å². The zero-order valence-electron chi connectivity index (χ0n) is 21.6. The van der Waals surface area contributed by atoms with Crippen LogP contribution in [-0.4, -0.2) is 30.4 Å². The summed E-state index contributed by atoms with van der Waals surface area (Å²) in [5.41, 5.74) is 3.50. The van der Waals surface area contributed by atoms with E-state index in [0.717, 1.165) is 28.0 Å². The summed E-state index contributed by atoms with van der Waals surface area (Å²) in [5.74, 6) is 0.364. The van der Waals surface area contributed by atoms with Gasteiger partial charge in [-0.3, -0.25) is 9.59 Å². The summed E-state index contributed by atoms with van der Waals surface area (Å²) in [6.45, 7) is 0.670. The molecular formula is C32H30Cl2N2O3. The van der Waals surface area contributed by atoms with Crippen LogP contribution in [0.4, 0.5) is 0 Å². The molecule has 200 valence electrons. The van der Waals surface area contributed by atoms with Gasteiger partial charge in [-0.25, -0.2) is 0 Å². The van der Waals surface area contributed by atoms with Gasteiger partial charge < -0.3 is 15.0 Å². The van der Waals surface area contributed by atoms with Gasteiger partial charge in [-0.2, -0.15) is 0 Å². The van der Waals surface area contributed by atoms with Crippen LogP contribution in [0, 0.1) is 0 Å². The molecule has 0 bridgehead atoms. The lowest BCUT2D eigenvalue weighted by Crippen LogP contribution is -2.44. The van der Waals surface area contributed by atoms with E-state index in [0.29, 0.717) is 23.0 Å². The van der Waals surface area contributed by atoms with Crippen LogP contribution in [0.15, 0.2) is 103 Å². The third-order valence-corrected chi connectivity index (χ3v) is 6.91. The van der Waals surface area contributed by atoms with Crippen molar-refractivity contribution in [1.82, 2.24) is 10.2 Å². The maximum atomic E-state index is 13.8. The van der Waals surface area contributed by atoms with E-state index in [2.05, 4.69) is 5.32 Å². The number of carbonyl (C=O) groups excluding carboxylic acids is 2. The van der Waals surface area contributed by atoms with Crippen molar-refractivity contribution in [3.8, 4) is 5.75 Å². The second-order valence-electron chi connectivity index (χ2n) is 9.15. The molecule has 0 heterocycles. The van der Waals surface area contributed by atoms with Crippen molar-refractivity contribution in [2.45, 2.75) is 25.4 Å². The molecule has 0 aliphatic carbocycles. The van der Waals surface area contributed by atoms with Crippen molar-refractivity contribution in [2.75, 3.05) is 13.7 Å². The van der Waals surface area contributed by atoms with Gasteiger partial charge in [0.25, 0.3) is 0 Å². The molecule has 0 saturated carbocycles. The minimum Gasteiger partial charge on any atom is -0.497 e. The largest absolute Gasteiger partial charge is 0.497 e. The zero-order chi connectivity index (χ0) is 27.6. The fraction of sp³-hybridized carbons (Fsp3) is 0.188. The van der Waals surface area contributed by atoms with Gasteiger partial charge in [0.15, 0.2) is 0 Å². The molecule has 4 aromatic carbocycles. The minimum atomic E-state index is -0.822. The Labute approximate surface area is 239 Å². The van der Waals surface area contributed by atoms with E-state index >= 15 is 0 Å². The van der Waals surface area contributed by atoms with E-state index in [4.69, 9.17) is 27.9 Å². The summed E-state index contributed by atoms with van der Waals surface area (Å²) < 4.78 is 5.22. The standard InChI is InChI=1S/C32H30Cl2N2O3/c1-39-29-17-11-23(12-18-29)19-20-35-32(38)31(26-5-3-2-4-6-26)36(22-25-9-15-28(34)16-10-25)30(37)21-24-7-13-27(33)14-8-24/h2-18,31H,19-22H2,1H3,(H,35,38)/t31-/m1/s1. The zero-order valence-corrected chi connectivity index (χ0v) is 23.2. The van der Waals surface area contributed by atoms with Gasteiger partial charge in [-0.05, 0) is 65.1 Å². The molecule has 0 aliphatic rings. The van der Waals surface area contributed by atoms with E-state index in [1.807, 2.05) is 78.9 Å². The number of rotatable bonds is 11. The molecule has 0 aromatic heterocycles. The molecule has 2 amide bonds. The Morgan fingerprint density at radius 3 is 1.92 bits per heavy atom. The predicted octanol–water partition coefficient (Wildman–Crippen LogP) is 6.67. The monoisotopic (exact) mass is 560 g/mol. The van der Waals surface area contributed by atoms with Crippen molar-refractivity contribution >= 4 is 35.0 Å². The van der Waals surface area contributed by atoms with E-state index < -0.39 is 6.04 Å². The molecule has 0 unspecified atom stereocenters. The highest BCUT2D eigenvalue weighted by atomic mass is 35.5. The Morgan fingerprint density at radius 2 is 1.33 bits per heavy atom. The van der Waals surface area contributed by atoms with Gasteiger partial charge >= 0.3 is 0 Å². The summed E-state index contributed by atoms with van der Waals surface area (Å²) in [6.07, 6.45) is 0.778. The lowest BCUT2D eigenvalue weighted by Gasteiger charge is -2.32. The third-order valence-electron chi connectivity index (χ3n) is 6.40. The first-order valence-corrected chi connectivity index (χ1v) is 13.4.